The zero-order valence-corrected chi connectivity index (χ0v) is 9.28. The highest BCUT2D eigenvalue weighted by Crippen LogP contribution is 2.01. The van der Waals surface area contributed by atoms with Crippen molar-refractivity contribution < 1.29 is 26.8 Å². The van der Waals surface area contributed by atoms with E-state index < -0.39 is 5.97 Å². The fourth-order valence-corrected chi connectivity index (χ4v) is 1.49. The summed E-state index contributed by atoms with van der Waals surface area (Å²) in [5.74, 6) is 0.409. The lowest BCUT2D eigenvalue weighted by Gasteiger charge is -2.23. The summed E-state index contributed by atoms with van der Waals surface area (Å²) in [7, 11) is 6.30. The topological polar surface area (TPSA) is 37.3 Å². The zero-order chi connectivity index (χ0) is 8.91. The number of halogens is 1. The molecule has 0 saturated carbocycles. The molecule has 0 aromatic carbocycles. The van der Waals surface area contributed by atoms with Gasteiger partial charge in [-0.1, -0.05) is 0 Å². The Kier molecular flexibility index (Phi) is 7.99. The van der Waals surface area contributed by atoms with E-state index >= 15 is 0 Å². The Bertz CT molecular complexity index is 136. The standard InChI is InChI=1S/C7H15NO2S.ClH/c1-8(2,3)4-5-11-6-7(9)10;/h4-6H2,1-3H3;1H. The molecule has 0 atom stereocenters. The highest BCUT2D eigenvalue weighted by molar-refractivity contribution is 7.99. The average molecular weight is 214 g/mol. The molecule has 0 unspecified atom stereocenters. The minimum absolute atomic E-state index is 0. The summed E-state index contributed by atoms with van der Waals surface area (Å²) in [6.45, 7) is 1.01. The van der Waals surface area contributed by atoms with Crippen molar-refractivity contribution in [2.24, 2.45) is 0 Å². The van der Waals surface area contributed by atoms with Crippen LogP contribution in [0.25, 0.3) is 0 Å². The molecule has 0 spiro atoms. The predicted octanol–water partition coefficient (Wildman–Crippen LogP) is -2.49. The lowest BCUT2D eigenvalue weighted by Crippen LogP contribution is -3.00. The van der Waals surface area contributed by atoms with Crippen molar-refractivity contribution in [2.45, 2.75) is 0 Å². The minimum atomic E-state index is -0.726. The van der Waals surface area contributed by atoms with Crippen molar-refractivity contribution in [1.29, 1.82) is 0 Å². The van der Waals surface area contributed by atoms with Gasteiger partial charge in [0.25, 0.3) is 0 Å². The van der Waals surface area contributed by atoms with Crippen LogP contribution in [0, 0.1) is 0 Å². The third-order valence-corrected chi connectivity index (χ3v) is 2.05. The van der Waals surface area contributed by atoms with Crippen molar-refractivity contribution >= 4 is 17.7 Å². The van der Waals surface area contributed by atoms with Crippen LogP contribution in [0.2, 0.25) is 0 Å². The van der Waals surface area contributed by atoms with Crippen LogP contribution in [0.3, 0.4) is 0 Å². The van der Waals surface area contributed by atoms with Crippen LogP contribution >= 0.6 is 11.8 Å². The van der Waals surface area contributed by atoms with E-state index in [9.17, 15) is 4.79 Å². The van der Waals surface area contributed by atoms with Crippen LogP contribution in [0.5, 0.6) is 0 Å². The van der Waals surface area contributed by atoms with Crippen LogP contribution in [-0.4, -0.2) is 54.8 Å². The Labute approximate surface area is 84.1 Å². The second-order valence-corrected chi connectivity index (χ2v) is 4.57. The highest BCUT2D eigenvalue weighted by atomic mass is 35.5. The maximum absolute atomic E-state index is 10.1. The first-order valence-electron chi connectivity index (χ1n) is 3.52. The molecule has 0 heterocycles. The smallest absolute Gasteiger partial charge is 0.313 e. The van der Waals surface area contributed by atoms with Gasteiger partial charge in [0.2, 0.25) is 0 Å². The molecule has 0 aromatic heterocycles. The number of hydrogen-bond acceptors (Lipinski definition) is 2. The van der Waals surface area contributed by atoms with E-state index in [4.69, 9.17) is 5.11 Å². The number of carboxylic acids is 1. The molecule has 3 nitrogen and oxygen atoms in total. The van der Waals surface area contributed by atoms with Crippen LogP contribution in [-0.2, 0) is 4.79 Å². The van der Waals surface area contributed by atoms with Gasteiger partial charge in [0.05, 0.1) is 33.4 Å². The fourth-order valence-electron chi connectivity index (χ4n) is 0.498. The number of hydrogen-bond donors (Lipinski definition) is 1. The van der Waals surface area contributed by atoms with Crippen LogP contribution in [0.15, 0.2) is 0 Å². The van der Waals surface area contributed by atoms with Gasteiger partial charge in [0, 0.05) is 5.75 Å². The predicted molar refractivity (Wildman–Crippen MR) is 47.9 cm³/mol. The summed E-state index contributed by atoms with van der Waals surface area (Å²) < 4.78 is 0.895. The first kappa shape index (κ1) is 14.6. The number of rotatable bonds is 5. The largest absolute Gasteiger partial charge is 1.00 e. The molecule has 0 aliphatic carbocycles. The van der Waals surface area contributed by atoms with Crippen molar-refractivity contribution in [3.63, 3.8) is 0 Å². The van der Waals surface area contributed by atoms with Crippen molar-refractivity contribution in [1.82, 2.24) is 0 Å². The van der Waals surface area contributed by atoms with E-state index in [1.165, 1.54) is 11.8 Å². The summed E-state index contributed by atoms with van der Waals surface area (Å²) in [6, 6.07) is 0. The van der Waals surface area contributed by atoms with Crippen LogP contribution in [0.1, 0.15) is 0 Å². The second-order valence-electron chi connectivity index (χ2n) is 3.46. The molecule has 5 heteroatoms. The molecule has 12 heavy (non-hydrogen) atoms. The Morgan fingerprint density at radius 1 is 1.42 bits per heavy atom. The maximum Gasteiger partial charge on any atom is 0.313 e. The van der Waals surface area contributed by atoms with Gasteiger partial charge in [-0.05, 0) is 0 Å². The summed E-state index contributed by atoms with van der Waals surface area (Å²) in [4.78, 5) is 10.1. The molecule has 0 amide bonds. The average Bonchev–Trinajstić information content (AvgIpc) is 1.78. The molecular weight excluding hydrogens is 198 g/mol. The van der Waals surface area contributed by atoms with Gasteiger partial charge in [-0.25, -0.2) is 0 Å². The summed E-state index contributed by atoms with van der Waals surface area (Å²) in [6.07, 6.45) is 0. The van der Waals surface area contributed by atoms with E-state index in [0.717, 1.165) is 16.8 Å². The van der Waals surface area contributed by atoms with Gasteiger partial charge in [-0.2, -0.15) is 0 Å². The van der Waals surface area contributed by atoms with Crippen LogP contribution < -0.4 is 12.4 Å². The molecule has 0 radical (unpaired) electrons. The lowest BCUT2D eigenvalue weighted by molar-refractivity contribution is -0.867. The normalized spacial score (nSPS) is 10.6. The third kappa shape index (κ3) is 12.7. The molecule has 0 fully saturated rings. The Morgan fingerprint density at radius 3 is 2.25 bits per heavy atom. The van der Waals surface area contributed by atoms with Gasteiger partial charge in [-0.3, -0.25) is 4.79 Å². The van der Waals surface area contributed by atoms with E-state index in [1.807, 2.05) is 0 Å². The molecular formula is C7H16ClNO2S. The monoisotopic (exact) mass is 213 g/mol. The van der Waals surface area contributed by atoms with Crippen molar-refractivity contribution in [3.05, 3.63) is 0 Å². The Morgan fingerprint density at radius 2 is 1.92 bits per heavy atom. The first-order valence-corrected chi connectivity index (χ1v) is 4.67. The van der Waals surface area contributed by atoms with Gasteiger partial charge in [-0.15, -0.1) is 11.8 Å². The van der Waals surface area contributed by atoms with Crippen molar-refractivity contribution in [3.8, 4) is 0 Å². The molecule has 0 bridgehead atoms. The molecule has 1 N–H and O–H groups in total. The summed E-state index contributed by atoms with van der Waals surface area (Å²) in [5, 5.41) is 8.32. The van der Waals surface area contributed by atoms with Gasteiger partial charge in [0.1, 0.15) is 0 Å². The van der Waals surface area contributed by atoms with Gasteiger partial charge < -0.3 is 22.0 Å². The third-order valence-electron chi connectivity index (χ3n) is 1.13. The SMILES string of the molecule is C[N+](C)(C)CCSCC(=O)O.[Cl-]. The number of carbonyl (C=O) groups is 1. The van der Waals surface area contributed by atoms with Crippen LogP contribution in [0.4, 0.5) is 0 Å². The number of carboxylic acid groups (broad SMARTS) is 1. The molecule has 0 saturated heterocycles. The molecule has 0 aliphatic rings. The fraction of sp³-hybridized carbons (Fsp3) is 0.857. The quantitative estimate of drug-likeness (QED) is 0.406. The lowest BCUT2D eigenvalue weighted by atomic mass is 10.6. The summed E-state index contributed by atoms with van der Waals surface area (Å²) in [5.41, 5.74) is 0. The zero-order valence-electron chi connectivity index (χ0n) is 7.71. The highest BCUT2D eigenvalue weighted by Gasteiger charge is 2.06. The van der Waals surface area contributed by atoms with Gasteiger partial charge >= 0.3 is 5.97 Å². The van der Waals surface area contributed by atoms with E-state index in [1.54, 1.807) is 0 Å². The van der Waals surface area contributed by atoms with E-state index in [0.29, 0.717) is 0 Å². The van der Waals surface area contributed by atoms with E-state index in [2.05, 4.69) is 21.1 Å². The maximum atomic E-state index is 10.1. The summed E-state index contributed by atoms with van der Waals surface area (Å²) >= 11 is 1.47. The second kappa shape index (κ2) is 6.57. The molecule has 0 aliphatic heterocycles. The van der Waals surface area contributed by atoms with Gasteiger partial charge in [0.15, 0.2) is 0 Å². The number of aliphatic carboxylic acids is 1. The molecule has 74 valence electrons. The molecule has 0 aromatic rings. The van der Waals surface area contributed by atoms with Crippen molar-refractivity contribution in [2.75, 3.05) is 39.2 Å². The van der Waals surface area contributed by atoms with E-state index in [-0.39, 0.29) is 18.2 Å². The number of nitrogens with zero attached hydrogens (tertiary/aromatic N) is 1. The Hall–Kier alpha value is 0.0700. The molecule has 0 rings (SSSR count). The number of quaternary nitrogens is 1. The first-order chi connectivity index (χ1) is 4.92. The minimum Gasteiger partial charge on any atom is -1.00 e. The Balaban J connectivity index is 0. The number of thioether (sulfide) groups is 1.